The predicted molar refractivity (Wildman–Crippen MR) is 123 cm³/mol. The second kappa shape index (κ2) is 8.96. The Morgan fingerprint density at radius 3 is 2.68 bits per heavy atom. The minimum Gasteiger partial charge on any atom is -0.368 e. The number of nitrogens with one attached hydrogen (secondary N) is 1. The van der Waals surface area contributed by atoms with E-state index in [0.717, 1.165) is 43.0 Å². The molecule has 0 radical (unpaired) electrons. The number of anilines is 2. The van der Waals surface area contributed by atoms with Gasteiger partial charge < -0.3 is 15.1 Å². The van der Waals surface area contributed by atoms with E-state index in [9.17, 15) is 14.9 Å². The number of carbonyl (C=O) groups is 1. The van der Waals surface area contributed by atoms with Crippen molar-refractivity contribution >= 4 is 23.0 Å². The summed E-state index contributed by atoms with van der Waals surface area (Å²) in [5.41, 5.74) is 3.16. The van der Waals surface area contributed by atoms with E-state index in [1.165, 1.54) is 0 Å². The van der Waals surface area contributed by atoms with Crippen molar-refractivity contribution in [2.75, 3.05) is 36.0 Å². The molecule has 1 saturated heterocycles. The maximum absolute atomic E-state index is 13.2. The molecule has 2 aliphatic heterocycles. The highest BCUT2D eigenvalue weighted by Crippen LogP contribution is 2.38. The highest BCUT2D eigenvalue weighted by molar-refractivity contribution is 5.82. The first-order valence-corrected chi connectivity index (χ1v) is 11.1. The molecule has 1 fully saturated rings. The Hall–Kier alpha value is -3.09. The van der Waals surface area contributed by atoms with Gasteiger partial charge in [-0.1, -0.05) is 32.0 Å². The number of fused-ring (bicyclic) bond motifs is 3. The Kier molecular flexibility index (Phi) is 6.11. The fourth-order valence-corrected chi connectivity index (χ4v) is 4.71. The molecule has 31 heavy (non-hydrogen) atoms. The largest absolute Gasteiger partial charge is 0.368 e. The molecule has 0 spiro atoms. The van der Waals surface area contributed by atoms with Crippen LogP contribution in [0.4, 0.5) is 17.1 Å². The summed E-state index contributed by atoms with van der Waals surface area (Å²) < 4.78 is 0. The average molecular weight is 423 g/mol. The highest BCUT2D eigenvalue weighted by Gasteiger charge is 2.42. The monoisotopic (exact) mass is 422 g/mol. The second-order valence-corrected chi connectivity index (χ2v) is 8.90. The molecule has 0 saturated carbocycles. The molecule has 0 aliphatic carbocycles. The maximum atomic E-state index is 13.2. The summed E-state index contributed by atoms with van der Waals surface area (Å²) in [6.07, 6.45) is 1.46. The average Bonchev–Trinajstić information content (AvgIpc) is 2.78. The van der Waals surface area contributed by atoms with Crippen LogP contribution in [-0.4, -0.2) is 43.1 Å². The van der Waals surface area contributed by atoms with Crippen molar-refractivity contribution in [3.63, 3.8) is 0 Å². The molecule has 4 rings (SSSR count). The van der Waals surface area contributed by atoms with Crippen LogP contribution in [-0.2, 0) is 11.2 Å². The van der Waals surface area contributed by atoms with E-state index in [4.69, 9.17) is 0 Å². The zero-order valence-electron chi connectivity index (χ0n) is 18.2. The molecule has 1 N–H and O–H groups in total. The van der Waals surface area contributed by atoms with Gasteiger partial charge in [0.1, 0.15) is 0 Å². The fraction of sp³-hybridized carbons (Fsp3) is 0.458. The molecule has 2 heterocycles. The van der Waals surface area contributed by atoms with Crippen molar-refractivity contribution in [2.24, 2.45) is 11.8 Å². The van der Waals surface area contributed by atoms with Crippen LogP contribution in [0.3, 0.4) is 0 Å². The van der Waals surface area contributed by atoms with Crippen LogP contribution in [0, 0.1) is 22.0 Å². The van der Waals surface area contributed by atoms with Crippen molar-refractivity contribution in [3.8, 4) is 0 Å². The number of non-ortho nitro benzene ring substituents is 1. The van der Waals surface area contributed by atoms with Gasteiger partial charge in [0.25, 0.3) is 5.69 Å². The lowest BCUT2D eigenvalue weighted by Crippen LogP contribution is -2.61. The number of rotatable bonds is 6. The standard InChI is InChI=1S/C24H30N4O3/c1-17(2)10-11-25-24(29)21-15-18-14-20(28(30)31)8-9-22(18)27-13-12-26(16-23(21)27)19-6-4-3-5-7-19/h3-9,14,17,21,23H,10-13,15-16H2,1-2H3,(H,25,29)/t21-,23+/m0/s1. The third kappa shape index (κ3) is 4.50. The van der Waals surface area contributed by atoms with Gasteiger partial charge in [-0.2, -0.15) is 0 Å². The molecular weight excluding hydrogens is 392 g/mol. The first-order valence-electron chi connectivity index (χ1n) is 11.1. The van der Waals surface area contributed by atoms with E-state index in [1.54, 1.807) is 12.1 Å². The van der Waals surface area contributed by atoms with Gasteiger partial charge in [-0.05, 0) is 42.5 Å². The minimum absolute atomic E-state index is 0.0296. The molecule has 164 valence electrons. The number of amides is 1. The fourth-order valence-electron chi connectivity index (χ4n) is 4.71. The van der Waals surface area contributed by atoms with Crippen LogP contribution >= 0.6 is 0 Å². The Balaban J connectivity index is 1.62. The molecule has 0 bridgehead atoms. The van der Waals surface area contributed by atoms with Gasteiger partial charge in [0.2, 0.25) is 5.91 Å². The lowest BCUT2D eigenvalue weighted by Gasteiger charge is -2.49. The molecule has 7 nitrogen and oxygen atoms in total. The van der Waals surface area contributed by atoms with E-state index < -0.39 is 0 Å². The summed E-state index contributed by atoms with van der Waals surface area (Å²) in [6, 6.07) is 15.4. The van der Waals surface area contributed by atoms with Crippen LogP contribution in [0.5, 0.6) is 0 Å². The number of nitro groups is 1. The van der Waals surface area contributed by atoms with Gasteiger partial charge in [0.05, 0.1) is 16.9 Å². The van der Waals surface area contributed by atoms with Crippen molar-refractivity contribution in [1.82, 2.24) is 5.32 Å². The van der Waals surface area contributed by atoms with Crippen molar-refractivity contribution < 1.29 is 9.72 Å². The summed E-state index contributed by atoms with van der Waals surface area (Å²) >= 11 is 0. The number of hydrogen-bond acceptors (Lipinski definition) is 5. The summed E-state index contributed by atoms with van der Waals surface area (Å²) in [7, 11) is 0. The smallest absolute Gasteiger partial charge is 0.269 e. The highest BCUT2D eigenvalue weighted by atomic mass is 16.6. The molecule has 1 amide bonds. The molecule has 2 aromatic rings. The SMILES string of the molecule is CC(C)CCNC(=O)[C@H]1Cc2cc([N+](=O)[O-])ccc2N2CCN(c3ccccc3)C[C@H]12. The topological polar surface area (TPSA) is 78.7 Å². The third-order valence-electron chi connectivity index (χ3n) is 6.39. The number of nitrogens with zero attached hydrogens (tertiary/aromatic N) is 3. The van der Waals surface area contributed by atoms with Crippen LogP contribution in [0.1, 0.15) is 25.8 Å². The van der Waals surface area contributed by atoms with E-state index in [2.05, 4.69) is 41.1 Å². The molecule has 2 aromatic carbocycles. The molecule has 0 aromatic heterocycles. The number of piperazine rings is 1. The van der Waals surface area contributed by atoms with Gasteiger partial charge in [0, 0.05) is 49.7 Å². The maximum Gasteiger partial charge on any atom is 0.269 e. The van der Waals surface area contributed by atoms with Crippen LogP contribution < -0.4 is 15.1 Å². The van der Waals surface area contributed by atoms with E-state index in [-0.39, 0.29) is 28.5 Å². The number of nitro benzene ring substituents is 1. The molecular formula is C24H30N4O3. The first kappa shape index (κ1) is 21.2. The Morgan fingerprint density at radius 2 is 1.97 bits per heavy atom. The lowest BCUT2D eigenvalue weighted by atomic mass is 9.83. The molecule has 2 aliphatic rings. The van der Waals surface area contributed by atoms with Gasteiger partial charge >= 0.3 is 0 Å². The van der Waals surface area contributed by atoms with Crippen molar-refractivity contribution in [3.05, 3.63) is 64.2 Å². The zero-order chi connectivity index (χ0) is 22.0. The van der Waals surface area contributed by atoms with Gasteiger partial charge in [-0.15, -0.1) is 0 Å². The van der Waals surface area contributed by atoms with Gasteiger partial charge in [-0.3, -0.25) is 14.9 Å². The van der Waals surface area contributed by atoms with Crippen LogP contribution in [0.15, 0.2) is 48.5 Å². The predicted octanol–water partition coefficient (Wildman–Crippen LogP) is 3.62. The number of hydrogen-bond donors (Lipinski definition) is 1. The second-order valence-electron chi connectivity index (χ2n) is 8.90. The normalized spacial score (nSPS) is 20.2. The Morgan fingerprint density at radius 1 is 1.19 bits per heavy atom. The van der Waals surface area contributed by atoms with Crippen molar-refractivity contribution in [2.45, 2.75) is 32.7 Å². The zero-order valence-corrected chi connectivity index (χ0v) is 18.2. The van der Waals surface area contributed by atoms with Gasteiger partial charge in [0.15, 0.2) is 0 Å². The third-order valence-corrected chi connectivity index (χ3v) is 6.39. The molecule has 0 unspecified atom stereocenters. The molecule has 7 heteroatoms. The minimum atomic E-state index is -0.364. The Bertz CT molecular complexity index is 947. The van der Waals surface area contributed by atoms with E-state index in [1.807, 2.05) is 24.3 Å². The summed E-state index contributed by atoms with van der Waals surface area (Å²) in [5.74, 6) is 0.325. The number of benzene rings is 2. The van der Waals surface area contributed by atoms with Gasteiger partial charge in [-0.25, -0.2) is 0 Å². The summed E-state index contributed by atoms with van der Waals surface area (Å²) in [4.78, 5) is 28.8. The van der Waals surface area contributed by atoms with Crippen molar-refractivity contribution in [1.29, 1.82) is 0 Å². The first-order chi connectivity index (χ1) is 14.9. The van der Waals surface area contributed by atoms with E-state index in [0.29, 0.717) is 18.9 Å². The lowest BCUT2D eigenvalue weighted by molar-refractivity contribution is -0.384. The number of para-hydroxylation sites is 1. The summed E-state index contributed by atoms with van der Waals surface area (Å²) in [5, 5.41) is 14.4. The van der Waals surface area contributed by atoms with Crippen LogP contribution in [0.2, 0.25) is 0 Å². The molecule has 2 atom stereocenters. The summed E-state index contributed by atoms with van der Waals surface area (Å²) in [6.45, 7) is 7.32. The quantitative estimate of drug-likeness (QED) is 0.568. The Labute approximate surface area is 183 Å². The number of carbonyl (C=O) groups excluding carboxylic acids is 1. The van der Waals surface area contributed by atoms with Crippen LogP contribution in [0.25, 0.3) is 0 Å². The van der Waals surface area contributed by atoms with E-state index >= 15 is 0 Å².